The first kappa shape index (κ1) is 19.5. The van der Waals surface area contributed by atoms with Crippen molar-refractivity contribution in [2.45, 2.75) is 19.8 Å². The van der Waals surface area contributed by atoms with Crippen LogP contribution >= 0.6 is 0 Å². The first-order chi connectivity index (χ1) is 14.2. The van der Waals surface area contributed by atoms with Crippen LogP contribution in [-0.4, -0.2) is 44.7 Å². The van der Waals surface area contributed by atoms with Crippen molar-refractivity contribution in [2.75, 3.05) is 48.0 Å². The third-order valence-electron chi connectivity index (χ3n) is 5.67. The third kappa shape index (κ3) is 4.12. The van der Waals surface area contributed by atoms with E-state index in [2.05, 4.69) is 17.1 Å². The van der Waals surface area contributed by atoms with Crippen molar-refractivity contribution in [2.24, 2.45) is 5.92 Å². The molecule has 1 N–H and O–H groups in total. The molecule has 1 unspecified atom stereocenters. The van der Waals surface area contributed by atoms with Gasteiger partial charge < -0.3 is 19.9 Å². The molecule has 6 heteroatoms. The number of para-hydroxylation sites is 3. The van der Waals surface area contributed by atoms with Gasteiger partial charge in [0.2, 0.25) is 11.8 Å². The van der Waals surface area contributed by atoms with E-state index in [4.69, 9.17) is 4.74 Å². The Morgan fingerprint density at radius 1 is 1.07 bits per heavy atom. The molecular weight excluding hydrogens is 366 g/mol. The van der Waals surface area contributed by atoms with Crippen molar-refractivity contribution in [3.8, 4) is 0 Å². The molecule has 2 fully saturated rings. The van der Waals surface area contributed by atoms with Gasteiger partial charge in [0.05, 0.1) is 30.5 Å². The predicted molar refractivity (Wildman–Crippen MR) is 114 cm³/mol. The minimum Gasteiger partial charge on any atom is -0.378 e. The Kier molecular flexibility index (Phi) is 5.81. The van der Waals surface area contributed by atoms with Gasteiger partial charge in [0.25, 0.3) is 0 Å². The van der Waals surface area contributed by atoms with E-state index in [9.17, 15) is 9.59 Å². The van der Waals surface area contributed by atoms with Crippen molar-refractivity contribution >= 4 is 28.9 Å². The molecule has 152 valence electrons. The molecular formula is C23H27N3O3. The number of nitrogens with zero attached hydrogens (tertiary/aromatic N) is 2. The molecule has 2 saturated heterocycles. The maximum atomic E-state index is 13.0. The summed E-state index contributed by atoms with van der Waals surface area (Å²) >= 11 is 0. The Labute approximate surface area is 171 Å². The molecule has 4 rings (SSSR count). The van der Waals surface area contributed by atoms with Crippen LogP contribution in [0.1, 0.15) is 18.9 Å². The number of nitrogens with one attached hydrogen (secondary N) is 1. The second-order valence-corrected chi connectivity index (χ2v) is 7.49. The summed E-state index contributed by atoms with van der Waals surface area (Å²) in [5.41, 5.74) is 3.84. The summed E-state index contributed by atoms with van der Waals surface area (Å²) in [4.78, 5) is 29.6. The number of rotatable bonds is 5. The van der Waals surface area contributed by atoms with Crippen molar-refractivity contribution in [1.82, 2.24) is 0 Å². The first-order valence-corrected chi connectivity index (χ1v) is 10.3. The van der Waals surface area contributed by atoms with Gasteiger partial charge in [-0.2, -0.15) is 0 Å². The van der Waals surface area contributed by atoms with Gasteiger partial charge in [-0.25, -0.2) is 0 Å². The molecule has 0 radical (unpaired) electrons. The number of hydrogen-bond acceptors (Lipinski definition) is 4. The number of hydrogen-bond donors (Lipinski definition) is 1. The smallest absolute Gasteiger partial charge is 0.229 e. The van der Waals surface area contributed by atoms with Gasteiger partial charge in [-0.1, -0.05) is 37.3 Å². The molecule has 2 heterocycles. The van der Waals surface area contributed by atoms with Crippen molar-refractivity contribution < 1.29 is 14.3 Å². The fourth-order valence-corrected chi connectivity index (χ4v) is 4.08. The molecule has 1 atom stereocenters. The summed E-state index contributed by atoms with van der Waals surface area (Å²) in [5, 5.41) is 3.07. The lowest BCUT2D eigenvalue weighted by Gasteiger charge is -2.30. The molecule has 0 spiro atoms. The molecule has 2 aromatic carbocycles. The van der Waals surface area contributed by atoms with Gasteiger partial charge in [0, 0.05) is 31.7 Å². The van der Waals surface area contributed by atoms with E-state index < -0.39 is 0 Å². The quantitative estimate of drug-likeness (QED) is 0.848. The summed E-state index contributed by atoms with van der Waals surface area (Å²) in [7, 11) is 0. The molecule has 2 aromatic rings. The van der Waals surface area contributed by atoms with Crippen molar-refractivity contribution in [3.05, 3.63) is 54.1 Å². The van der Waals surface area contributed by atoms with Crippen LogP contribution in [0.2, 0.25) is 0 Å². The molecule has 2 aliphatic rings. The molecule has 2 amide bonds. The van der Waals surface area contributed by atoms with Crippen LogP contribution < -0.4 is 15.1 Å². The van der Waals surface area contributed by atoms with E-state index in [0.717, 1.165) is 42.1 Å². The van der Waals surface area contributed by atoms with Crippen LogP contribution in [0.5, 0.6) is 0 Å². The predicted octanol–water partition coefficient (Wildman–Crippen LogP) is 3.08. The summed E-state index contributed by atoms with van der Waals surface area (Å²) in [6.07, 6.45) is 1.09. The van der Waals surface area contributed by atoms with Crippen LogP contribution in [0.25, 0.3) is 0 Å². The number of morpholine rings is 1. The molecule has 0 bridgehead atoms. The number of benzene rings is 2. The van der Waals surface area contributed by atoms with Gasteiger partial charge in [-0.05, 0) is 30.2 Å². The molecule has 29 heavy (non-hydrogen) atoms. The fraction of sp³-hybridized carbons (Fsp3) is 0.391. The average molecular weight is 393 g/mol. The van der Waals surface area contributed by atoms with E-state index in [1.54, 1.807) is 4.90 Å². The number of carbonyl (C=O) groups excluding carboxylic acids is 2. The molecule has 2 aliphatic heterocycles. The van der Waals surface area contributed by atoms with E-state index in [0.29, 0.717) is 19.8 Å². The SMILES string of the molecule is CCc1ccccc1N1CC(C(=O)Nc2ccccc2N2CCOCC2)CC1=O. The number of amides is 2. The normalized spacial score (nSPS) is 19.5. The standard InChI is InChI=1S/C23H27N3O3/c1-2-17-7-3-5-9-20(17)26-16-18(15-22(26)27)23(28)24-19-8-4-6-10-21(19)25-11-13-29-14-12-25/h3-10,18H,2,11-16H2,1H3,(H,24,28). The van der Waals surface area contributed by atoms with Crippen molar-refractivity contribution in [1.29, 1.82) is 0 Å². The Balaban J connectivity index is 1.48. The zero-order valence-corrected chi connectivity index (χ0v) is 16.8. The Morgan fingerprint density at radius 2 is 1.76 bits per heavy atom. The van der Waals surface area contributed by atoms with Crippen molar-refractivity contribution in [3.63, 3.8) is 0 Å². The zero-order chi connectivity index (χ0) is 20.2. The maximum absolute atomic E-state index is 13.0. The number of ether oxygens (including phenoxy) is 1. The minimum atomic E-state index is -0.356. The van der Waals surface area contributed by atoms with Gasteiger partial charge in [-0.15, -0.1) is 0 Å². The Morgan fingerprint density at radius 3 is 2.52 bits per heavy atom. The molecule has 0 aromatic heterocycles. The lowest BCUT2D eigenvalue weighted by molar-refractivity contribution is -0.122. The lowest BCUT2D eigenvalue weighted by Crippen LogP contribution is -2.37. The topological polar surface area (TPSA) is 61.9 Å². The van der Waals surface area contributed by atoms with E-state index in [-0.39, 0.29) is 24.2 Å². The maximum Gasteiger partial charge on any atom is 0.229 e. The summed E-state index contributed by atoms with van der Waals surface area (Å²) in [6, 6.07) is 15.8. The lowest BCUT2D eigenvalue weighted by atomic mass is 10.1. The second-order valence-electron chi connectivity index (χ2n) is 7.49. The first-order valence-electron chi connectivity index (χ1n) is 10.3. The summed E-state index contributed by atoms with van der Waals surface area (Å²) in [5.74, 6) is -0.451. The van der Waals surface area contributed by atoms with E-state index in [1.807, 2.05) is 48.5 Å². The molecule has 0 saturated carbocycles. The largest absolute Gasteiger partial charge is 0.378 e. The monoisotopic (exact) mass is 393 g/mol. The fourth-order valence-electron chi connectivity index (χ4n) is 4.08. The van der Waals surface area contributed by atoms with Gasteiger partial charge >= 0.3 is 0 Å². The van der Waals surface area contributed by atoms with Gasteiger partial charge in [0.1, 0.15) is 0 Å². The van der Waals surface area contributed by atoms with Gasteiger partial charge in [0.15, 0.2) is 0 Å². The number of carbonyl (C=O) groups is 2. The van der Waals surface area contributed by atoms with Crippen LogP contribution in [0, 0.1) is 5.92 Å². The van der Waals surface area contributed by atoms with Crippen LogP contribution in [0.15, 0.2) is 48.5 Å². The Hall–Kier alpha value is -2.86. The van der Waals surface area contributed by atoms with E-state index in [1.165, 1.54) is 0 Å². The summed E-state index contributed by atoms with van der Waals surface area (Å²) in [6.45, 7) is 5.47. The molecule has 0 aliphatic carbocycles. The number of aryl methyl sites for hydroxylation is 1. The van der Waals surface area contributed by atoms with Crippen LogP contribution in [-0.2, 0) is 20.7 Å². The number of anilines is 3. The highest BCUT2D eigenvalue weighted by atomic mass is 16.5. The Bertz CT molecular complexity index is 892. The van der Waals surface area contributed by atoms with Gasteiger partial charge in [-0.3, -0.25) is 9.59 Å². The minimum absolute atomic E-state index is 0.00696. The highest BCUT2D eigenvalue weighted by molar-refractivity contribution is 6.04. The zero-order valence-electron chi connectivity index (χ0n) is 16.8. The van der Waals surface area contributed by atoms with Crippen LogP contribution in [0.3, 0.4) is 0 Å². The summed E-state index contributed by atoms with van der Waals surface area (Å²) < 4.78 is 5.44. The third-order valence-corrected chi connectivity index (χ3v) is 5.67. The van der Waals surface area contributed by atoms with Crippen LogP contribution in [0.4, 0.5) is 17.1 Å². The average Bonchev–Trinajstić information content (AvgIpc) is 3.16. The molecule has 6 nitrogen and oxygen atoms in total. The second kappa shape index (κ2) is 8.66. The highest BCUT2D eigenvalue weighted by Crippen LogP contribution is 2.31. The van der Waals surface area contributed by atoms with E-state index >= 15 is 0 Å². The highest BCUT2D eigenvalue weighted by Gasteiger charge is 2.36.